The third-order valence-corrected chi connectivity index (χ3v) is 5.73. The zero-order valence-corrected chi connectivity index (χ0v) is 21.2. The fourth-order valence-corrected chi connectivity index (χ4v) is 3.96. The molecule has 36 heavy (non-hydrogen) atoms. The number of aromatic nitrogens is 2. The first-order valence-corrected chi connectivity index (χ1v) is 12.9. The Morgan fingerprint density at radius 2 is 1.19 bits per heavy atom. The Morgan fingerprint density at radius 3 is 1.69 bits per heavy atom. The Balaban J connectivity index is 0.000000205. The van der Waals surface area contributed by atoms with Gasteiger partial charge in [-0.1, -0.05) is 23.2 Å². The number of hydrogen-bond acceptors (Lipinski definition) is 7. The second kappa shape index (κ2) is 11.8. The van der Waals surface area contributed by atoms with Crippen LogP contribution in [0.25, 0.3) is 0 Å². The summed E-state index contributed by atoms with van der Waals surface area (Å²) in [6.07, 6.45) is 7.12. The van der Waals surface area contributed by atoms with Crippen molar-refractivity contribution in [3.63, 3.8) is 0 Å². The zero-order chi connectivity index (χ0) is 26.3. The largest absolute Gasteiger partial charge is 0.398 e. The molecule has 0 aliphatic carbocycles. The van der Waals surface area contributed by atoms with Gasteiger partial charge in [0.05, 0.1) is 11.9 Å². The van der Waals surface area contributed by atoms with Gasteiger partial charge in [-0.25, -0.2) is 8.42 Å². The highest BCUT2D eigenvalue weighted by molar-refractivity contribution is 7.92. The van der Waals surface area contributed by atoms with Gasteiger partial charge in [-0.3, -0.25) is 24.3 Å². The van der Waals surface area contributed by atoms with Crippen molar-refractivity contribution in [2.45, 2.75) is 0 Å². The van der Waals surface area contributed by atoms with Gasteiger partial charge in [0, 0.05) is 62.8 Å². The highest BCUT2D eigenvalue weighted by Gasteiger charge is 2.16. The molecule has 0 spiro atoms. The number of ketones is 2. The van der Waals surface area contributed by atoms with Crippen LogP contribution in [-0.2, 0) is 10.0 Å². The van der Waals surface area contributed by atoms with Crippen LogP contribution in [0.3, 0.4) is 0 Å². The molecule has 0 amide bonds. The number of anilines is 2. The number of benzene rings is 2. The molecule has 0 aliphatic heterocycles. The van der Waals surface area contributed by atoms with Gasteiger partial charge in [0.25, 0.3) is 0 Å². The lowest BCUT2D eigenvalue weighted by Gasteiger charge is -2.10. The minimum absolute atomic E-state index is 0.151. The number of nitrogens with zero attached hydrogens (tertiary/aromatic N) is 2. The van der Waals surface area contributed by atoms with E-state index in [-0.39, 0.29) is 22.8 Å². The standard InChI is InChI=1S/C13H11ClN2O3S.C12H9ClN2O/c1-20(18,19)16-12-3-2-10(14)8-11(12)13(17)9-4-6-15-7-5-9;13-9-1-2-11(14)10(7-9)12(16)8-3-5-15-6-4-8/h2-8,16H,1H3;1-7H,14H2. The van der Waals surface area contributed by atoms with E-state index >= 15 is 0 Å². The maximum atomic E-state index is 12.4. The number of halogens is 2. The second-order valence-corrected chi connectivity index (χ2v) is 10.0. The minimum atomic E-state index is -3.49. The maximum absolute atomic E-state index is 12.4. The summed E-state index contributed by atoms with van der Waals surface area (Å²) < 4.78 is 25.0. The van der Waals surface area contributed by atoms with Crippen molar-refractivity contribution in [1.82, 2.24) is 9.97 Å². The van der Waals surface area contributed by atoms with Gasteiger partial charge in [0.2, 0.25) is 10.0 Å². The second-order valence-electron chi connectivity index (χ2n) is 7.43. The van der Waals surface area contributed by atoms with Crippen molar-refractivity contribution in [2.24, 2.45) is 0 Å². The summed E-state index contributed by atoms with van der Waals surface area (Å²) in [5.41, 5.74) is 7.90. The normalized spacial score (nSPS) is 10.6. The average Bonchev–Trinajstić information content (AvgIpc) is 2.86. The monoisotopic (exact) mass is 542 g/mol. The molecule has 0 bridgehead atoms. The van der Waals surface area contributed by atoms with Gasteiger partial charge in [-0.2, -0.15) is 0 Å². The van der Waals surface area contributed by atoms with Crippen molar-refractivity contribution in [3.8, 4) is 0 Å². The molecule has 4 rings (SSSR count). The topological polar surface area (TPSA) is 132 Å². The Morgan fingerprint density at radius 1 is 0.750 bits per heavy atom. The van der Waals surface area contributed by atoms with E-state index in [0.29, 0.717) is 32.4 Å². The van der Waals surface area contributed by atoms with Crippen LogP contribution in [0.5, 0.6) is 0 Å². The molecule has 184 valence electrons. The lowest BCUT2D eigenvalue weighted by molar-refractivity contribution is 0.103. The lowest BCUT2D eigenvalue weighted by Crippen LogP contribution is -2.13. The zero-order valence-electron chi connectivity index (χ0n) is 18.9. The molecule has 8 nitrogen and oxygen atoms in total. The van der Waals surface area contributed by atoms with Gasteiger partial charge in [0.15, 0.2) is 11.6 Å². The number of sulfonamides is 1. The summed E-state index contributed by atoms with van der Waals surface area (Å²) in [4.78, 5) is 32.1. The van der Waals surface area contributed by atoms with Crippen LogP contribution in [-0.4, -0.2) is 36.2 Å². The van der Waals surface area contributed by atoms with E-state index in [4.69, 9.17) is 28.9 Å². The Labute approximate surface area is 218 Å². The number of nitrogen functional groups attached to an aromatic ring is 1. The molecular formula is C25H20Cl2N4O4S. The van der Waals surface area contributed by atoms with E-state index in [0.717, 1.165) is 6.26 Å². The molecule has 0 fully saturated rings. The first-order chi connectivity index (χ1) is 17.0. The van der Waals surface area contributed by atoms with Crippen molar-refractivity contribution in [1.29, 1.82) is 0 Å². The molecule has 0 aliphatic rings. The van der Waals surface area contributed by atoms with Gasteiger partial charge >= 0.3 is 0 Å². The molecule has 0 unspecified atom stereocenters. The first kappa shape index (κ1) is 26.8. The highest BCUT2D eigenvalue weighted by Crippen LogP contribution is 2.24. The number of pyridine rings is 2. The van der Waals surface area contributed by atoms with Gasteiger partial charge < -0.3 is 5.73 Å². The Hall–Kier alpha value is -3.79. The van der Waals surface area contributed by atoms with Crippen LogP contribution >= 0.6 is 23.2 Å². The van der Waals surface area contributed by atoms with E-state index in [9.17, 15) is 18.0 Å². The van der Waals surface area contributed by atoms with E-state index in [1.54, 1.807) is 54.9 Å². The van der Waals surface area contributed by atoms with Crippen LogP contribution in [0.15, 0.2) is 85.5 Å². The summed E-state index contributed by atoms with van der Waals surface area (Å²) in [5.74, 6) is -0.483. The molecule has 11 heteroatoms. The van der Waals surface area contributed by atoms with Crippen LogP contribution in [0, 0.1) is 0 Å². The van der Waals surface area contributed by atoms with Crippen LogP contribution in [0.2, 0.25) is 10.0 Å². The molecule has 0 radical (unpaired) electrons. The highest BCUT2D eigenvalue weighted by atomic mass is 35.5. The van der Waals surface area contributed by atoms with Gasteiger partial charge in [0.1, 0.15) is 0 Å². The van der Waals surface area contributed by atoms with Crippen molar-refractivity contribution < 1.29 is 18.0 Å². The lowest BCUT2D eigenvalue weighted by atomic mass is 10.0. The Bertz CT molecular complexity index is 1500. The SMILES string of the molecule is CS(=O)(=O)Nc1ccc(Cl)cc1C(=O)c1ccncc1.Nc1ccc(Cl)cc1C(=O)c1ccncc1. The molecule has 2 aromatic heterocycles. The van der Waals surface area contributed by atoms with E-state index in [2.05, 4.69) is 14.7 Å². The minimum Gasteiger partial charge on any atom is -0.398 e. The maximum Gasteiger partial charge on any atom is 0.229 e. The summed E-state index contributed by atoms with van der Waals surface area (Å²) in [5, 5.41) is 0.841. The van der Waals surface area contributed by atoms with Gasteiger partial charge in [-0.15, -0.1) is 0 Å². The molecule has 0 saturated heterocycles. The van der Waals surface area contributed by atoms with Crippen LogP contribution in [0.4, 0.5) is 11.4 Å². The molecular weight excluding hydrogens is 523 g/mol. The predicted molar refractivity (Wildman–Crippen MR) is 141 cm³/mol. The molecule has 0 saturated carbocycles. The summed E-state index contributed by atoms with van der Waals surface area (Å²) in [7, 11) is -3.49. The van der Waals surface area contributed by atoms with Crippen molar-refractivity contribution >= 4 is 56.2 Å². The number of nitrogens with two attached hydrogens (primary N) is 1. The molecule has 3 N–H and O–H groups in total. The molecule has 2 heterocycles. The fraction of sp³-hybridized carbons (Fsp3) is 0.0400. The van der Waals surface area contributed by atoms with E-state index < -0.39 is 10.0 Å². The number of rotatable bonds is 6. The van der Waals surface area contributed by atoms with Gasteiger partial charge in [-0.05, 0) is 60.7 Å². The summed E-state index contributed by atoms with van der Waals surface area (Å²) >= 11 is 11.7. The quantitative estimate of drug-likeness (QED) is 0.262. The fourth-order valence-electron chi connectivity index (χ4n) is 3.04. The smallest absolute Gasteiger partial charge is 0.229 e. The number of nitrogens with one attached hydrogen (secondary N) is 1. The molecule has 2 aromatic carbocycles. The number of carbonyl (C=O) groups is 2. The van der Waals surface area contributed by atoms with E-state index in [1.807, 2.05) is 0 Å². The van der Waals surface area contributed by atoms with Crippen molar-refractivity contribution in [3.05, 3.63) is 118 Å². The van der Waals surface area contributed by atoms with Crippen molar-refractivity contribution in [2.75, 3.05) is 16.7 Å². The van der Waals surface area contributed by atoms with E-state index in [1.165, 1.54) is 30.6 Å². The summed E-state index contributed by atoms with van der Waals surface area (Å²) in [6, 6.07) is 15.6. The summed E-state index contributed by atoms with van der Waals surface area (Å²) in [6.45, 7) is 0. The third-order valence-electron chi connectivity index (χ3n) is 4.67. The Kier molecular flexibility index (Phi) is 8.76. The third kappa shape index (κ3) is 7.35. The molecule has 0 atom stereocenters. The van der Waals surface area contributed by atoms with Crippen LogP contribution in [0.1, 0.15) is 31.8 Å². The van der Waals surface area contributed by atoms with Crippen LogP contribution < -0.4 is 10.5 Å². The predicted octanol–water partition coefficient (Wildman–Crippen LogP) is 4.89. The molecule has 4 aromatic rings. The number of carbonyl (C=O) groups excluding carboxylic acids is 2. The number of hydrogen-bond donors (Lipinski definition) is 2. The average molecular weight is 543 g/mol. The first-order valence-electron chi connectivity index (χ1n) is 10.3.